The standard InChI is InChI=1S/C26H38O2Si/c1-5-6-7-8-9-12-17-23(27)22-28-29(26(2,3)4,24-18-13-10-14-19-24)25-20-15-11-16-21-25/h9-16,18-21,23,27H,5-8,17,22H2,1-4H3/b12-9+. The normalized spacial score (nSPS) is 13.7. The highest BCUT2D eigenvalue weighted by Crippen LogP contribution is 2.36. The highest BCUT2D eigenvalue weighted by atomic mass is 28.4. The van der Waals surface area contributed by atoms with Crippen LogP contribution in [0.2, 0.25) is 5.04 Å². The van der Waals surface area contributed by atoms with E-state index < -0.39 is 14.4 Å². The fraction of sp³-hybridized carbons (Fsp3) is 0.462. The molecule has 2 nitrogen and oxygen atoms in total. The molecule has 0 aliphatic heterocycles. The molecule has 1 atom stereocenters. The Morgan fingerprint density at radius 1 is 0.897 bits per heavy atom. The van der Waals surface area contributed by atoms with E-state index in [0.717, 1.165) is 6.42 Å². The highest BCUT2D eigenvalue weighted by molar-refractivity contribution is 6.99. The summed E-state index contributed by atoms with van der Waals surface area (Å²) in [6, 6.07) is 21.2. The Kier molecular flexibility index (Phi) is 9.35. The molecule has 1 N–H and O–H groups in total. The van der Waals surface area contributed by atoms with Crippen molar-refractivity contribution >= 4 is 18.7 Å². The summed E-state index contributed by atoms with van der Waals surface area (Å²) in [5, 5.41) is 13.1. The molecular weight excluding hydrogens is 372 g/mol. The highest BCUT2D eigenvalue weighted by Gasteiger charge is 2.50. The van der Waals surface area contributed by atoms with Crippen LogP contribution in [0.25, 0.3) is 0 Å². The van der Waals surface area contributed by atoms with E-state index in [1.54, 1.807) is 0 Å². The second-order valence-corrected chi connectivity index (χ2v) is 13.1. The summed E-state index contributed by atoms with van der Waals surface area (Å²) >= 11 is 0. The van der Waals surface area contributed by atoms with Crippen LogP contribution in [0.1, 0.15) is 59.8 Å². The number of aliphatic hydroxyl groups excluding tert-OH is 1. The SMILES string of the molecule is CCCCC/C=C/CC(O)CO[Si](c1ccccc1)(c1ccccc1)C(C)(C)C. The smallest absolute Gasteiger partial charge is 0.261 e. The minimum atomic E-state index is -2.56. The van der Waals surface area contributed by atoms with Crippen molar-refractivity contribution in [1.82, 2.24) is 0 Å². The number of hydrogen-bond acceptors (Lipinski definition) is 2. The van der Waals surface area contributed by atoms with Crippen LogP contribution in [0, 0.1) is 0 Å². The van der Waals surface area contributed by atoms with E-state index in [1.807, 2.05) is 0 Å². The molecule has 2 rings (SSSR count). The van der Waals surface area contributed by atoms with Crippen LogP contribution in [-0.2, 0) is 4.43 Å². The average Bonchev–Trinajstić information content (AvgIpc) is 2.71. The zero-order valence-corrected chi connectivity index (χ0v) is 19.6. The Hall–Kier alpha value is -1.68. The second kappa shape index (κ2) is 11.5. The minimum absolute atomic E-state index is 0.0641. The maximum absolute atomic E-state index is 10.6. The Morgan fingerprint density at radius 2 is 1.45 bits per heavy atom. The first-order valence-corrected chi connectivity index (χ1v) is 12.9. The molecule has 0 aliphatic rings. The topological polar surface area (TPSA) is 29.5 Å². The van der Waals surface area contributed by atoms with Crippen LogP contribution in [0.3, 0.4) is 0 Å². The van der Waals surface area contributed by atoms with Gasteiger partial charge in [0, 0.05) is 0 Å². The summed E-state index contributed by atoms with van der Waals surface area (Å²) in [5.74, 6) is 0. The molecule has 0 saturated heterocycles. The molecule has 0 fully saturated rings. The Bertz CT molecular complexity index is 680. The van der Waals surface area contributed by atoms with Crippen LogP contribution in [0.5, 0.6) is 0 Å². The molecule has 3 heteroatoms. The van der Waals surface area contributed by atoms with Gasteiger partial charge in [0.2, 0.25) is 0 Å². The summed E-state index contributed by atoms with van der Waals surface area (Å²) in [6.45, 7) is 9.36. The Labute approximate surface area is 178 Å². The van der Waals surface area contributed by atoms with Gasteiger partial charge < -0.3 is 9.53 Å². The Balaban J connectivity index is 2.21. The predicted octanol–water partition coefficient (Wildman–Crippen LogP) is 5.45. The van der Waals surface area contributed by atoms with Crippen LogP contribution in [0.15, 0.2) is 72.8 Å². The lowest BCUT2D eigenvalue weighted by Crippen LogP contribution is -2.67. The van der Waals surface area contributed by atoms with Crippen LogP contribution < -0.4 is 10.4 Å². The third kappa shape index (κ3) is 6.40. The van der Waals surface area contributed by atoms with Gasteiger partial charge in [0.05, 0.1) is 12.7 Å². The Morgan fingerprint density at radius 3 is 1.93 bits per heavy atom. The molecule has 0 radical (unpaired) electrons. The predicted molar refractivity (Wildman–Crippen MR) is 127 cm³/mol. The second-order valence-electron chi connectivity index (χ2n) is 8.83. The summed E-state index contributed by atoms with van der Waals surface area (Å²) in [5.41, 5.74) is 0. The van der Waals surface area contributed by atoms with Gasteiger partial charge in [-0.25, -0.2) is 0 Å². The molecular formula is C26H38O2Si. The zero-order valence-electron chi connectivity index (χ0n) is 18.6. The van der Waals surface area contributed by atoms with Crippen molar-refractivity contribution in [3.63, 3.8) is 0 Å². The quantitative estimate of drug-likeness (QED) is 0.303. The molecule has 158 valence electrons. The number of rotatable bonds is 11. The molecule has 0 amide bonds. The first-order chi connectivity index (χ1) is 13.9. The molecule has 1 unspecified atom stereocenters. The fourth-order valence-corrected chi connectivity index (χ4v) is 8.53. The van der Waals surface area contributed by atoms with Crippen molar-refractivity contribution in [2.45, 2.75) is 70.9 Å². The van der Waals surface area contributed by atoms with E-state index >= 15 is 0 Å². The molecule has 0 spiro atoms. The average molecular weight is 411 g/mol. The van der Waals surface area contributed by atoms with Gasteiger partial charge in [-0.3, -0.25) is 0 Å². The van der Waals surface area contributed by atoms with E-state index in [0.29, 0.717) is 13.0 Å². The van der Waals surface area contributed by atoms with Crippen molar-refractivity contribution < 1.29 is 9.53 Å². The first kappa shape index (κ1) is 23.6. The molecule has 0 heterocycles. The minimum Gasteiger partial charge on any atom is -0.405 e. The molecule has 29 heavy (non-hydrogen) atoms. The van der Waals surface area contributed by atoms with Gasteiger partial charge in [-0.05, 0) is 34.7 Å². The number of unbranched alkanes of at least 4 members (excludes halogenated alkanes) is 3. The van der Waals surface area contributed by atoms with Gasteiger partial charge in [-0.1, -0.05) is 113 Å². The van der Waals surface area contributed by atoms with E-state index in [-0.39, 0.29) is 5.04 Å². The third-order valence-electron chi connectivity index (χ3n) is 5.46. The monoisotopic (exact) mass is 410 g/mol. The van der Waals surface area contributed by atoms with Gasteiger partial charge in [-0.15, -0.1) is 0 Å². The molecule has 0 bridgehead atoms. The van der Waals surface area contributed by atoms with Gasteiger partial charge in [0.25, 0.3) is 8.32 Å². The van der Waals surface area contributed by atoms with E-state index in [9.17, 15) is 5.11 Å². The lowest BCUT2D eigenvalue weighted by atomic mass is 10.2. The third-order valence-corrected chi connectivity index (χ3v) is 10.5. The van der Waals surface area contributed by atoms with Crippen LogP contribution in [0.4, 0.5) is 0 Å². The first-order valence-electron chi connectivity index (χ1n) is 11.0. The van der Waals surface area contributed by atoms with Crippen molar-refractivity contribution in [3.8, 4) is 0 Å². The summed E-state index contributed by atoms with van der Waals surface area (Å²) < 4.78 is 6.78. The van der Waals surface area contributed by atoms with Gasteiger partial charge in [0.15, 0.2) is 0 Å². The van der Waals surface area contributed by atoms with E-state index in [1.165, 1.54) is 29.6 Å². The molecule has 2 aromatic rings. The van der Waals surface area contributed by atoms with Crippen molar-refractivity contribution in [1.29, 1.82) is 0 Å². The van der Waals surface area contributed by atoms with Gasteiger partial charge in [-0.2, -0.15) is 0 Å². The lowest BCUT2D eigenvalue weighted by Gasteiger charge is -2.43. The lowest BCUT2D eigenvalue weighted by molar-refractivity contribution is 0.105. The number of benzene rings is 2. The van der Waals surface area contributed by atoms with Crippen molar-refractivity contribution in [2.24, 2.45) is 0 Å². The zero-order chi connectivity index (χ0) is 21.2. The van der Waals surface area contributed by atoms with Gasteiger partial charge >= 0.3 is 0 Å². The van der Waals surface area contributed by atoms with Gasteiger partial charge in [0.1, 0.15) is 0 Å². The molecule has 0 aliphatic carbocycles. The molecule has 2 aromatic carbocycles. The largest absolute Gasteiger partial charge is 0.405 e. The molecule has 0 aromatic heterocycles. The summed E-state index contributed by atoms with van der Waals surface area (Å²) in [7, 11) is -2.56. The van der Waals surface area contributed by atoms with Crippen LogP contribution >= 0.6 is 0 Å². The number of allylic oxidation sites excluding steroid dienone is 1. The molecule has 0 saturated carbocycles. The maximum atomic E-state index is 10.6. The van der Waals surface area contributed by atoms with Crippen molar-refractivity contribution in [3.05, 3.63) is 72.8 Å². The van der Waals surface area contributed by atoms with E-state index in [4.69, 9.17) is 4.43 Å². The van der Waals surface area contributed by atoms with Crippen molar-refractivity contribution in [2.75, 3.05) is 6.61 Å². The van der Waals surface area contributed by atoms with Crippen LogP contribution in [-0.4, -0.2) is 26.1 Å². The van der Waals surface area contributed by atoms with E-state index in [2.05, 4.69) is 101 Å². The number of aliphatic hydroxyl groups is 1. The summed E-state index contributed by atoms with van der Waals surface area (Å²) in [6.07, 6.45) is 9.28. The number of hydrogen-bond donors (Lipinski definition) is 1. The summed E-state index contributed by atoms with van der Waals surface area (Å²) in [4.78, 5) is 0. The fourth-order valence-electron chi connectivity index (χ4n) is 3.93. The maximum Gasteiger partial charge on any atom is 0.261 e.